The fraction of sp³-hybridized carbons (Fsp3) is 0.400. The second-order valence-electron chi connectivity index (χ2n) is 10.1. The van der Waals surface area contributed by atoms with Gasteiger partial charge in [-0.3, -0.25) is 28.9 Å². The Labute approximate surface area is 210 Å². The Morgan fingerprint density at radius 2 is 1.76 bits per heavy atom. The van der Waals surface area contributed by atoms with Crippen LogP contribution < -0.4 is 11.5 Å². The number of benzene rings is 1. The second kappa shape index (κ2) is 8.25. The third-order valence-corrected chi connectivity index (χ3v) is 7.93. The number of nitrogens with two attached hydrogens (primary N) is 2. The molecule has 2 aromatic rings. The molecule has 6 atom stereocenters. The van der Waals surface area contributed by atoms with Crippen LogP contribution in [0.25, 0.3) is 11.1 Å². The van der Waals surface area contributed by atoms with Gasteiger partial charge in [-0.25, -0.2) is 9.97 Å². The SMILES string of the molecule is CN(C)[C@H]1C(=O)C(C(N)=O)C(=O)[C@]2(O)C(=O)C3C(=O)c4c(O)ccc(-c5cnc(N)nc5)c4C[C@@H]3C[C@H]12. The number of phenolic OH excluding ortho intramolecular Hbond substituents is 1. The van der Waals surface area contributed by atoms with Crippen LogP contribution in [0.2, 0.25) is 0 Å². The summed E-state index contributed by atoms with van der Waals surface area (Å²) in [5.41, 5.74) is 9.61. The predicted molar refractivity (Wildman–Crippen MR) is 127 cm³/mol. The molecule has 37 heavy (non-hydrogen) atoms. The van der Waals surface area contributed by atoms with E-state index in [0.29, 0.717) is 16.7 Å². The van der Waals surface area contributed by atoms with Crippen molar-refractivity contribution in [2.24, 2.45) is 29.4 Å². The zero-order valence-corrected chi connectivity index (χ0v) is 20.0. The lowest BCUT2D eigenvalue weighted by molar-refractivity contribution is -0.181. The smallest absolute Gasteiger partial charge is 0.235 e. The molecule has 3 aliphatic carbocycles. The van der Waals surface area contributed by atoms with Gasteiger partial charge in [-0.2, -0.15) is 0 Å². The molecule has 2 unspecified atom stereocenters. The lowest BCUT2D eigenvalue weighted by atomic mass is 9.52. The lowest BCUT2D eigenvalue weighted by Gasteiger charge is -2.52. The molecule has 12 nitrogen and oxygen atoms in total. The standard InChI is InChI=1S/C25H25N5O7/c1-30(2)18-13-6-9-5-12-11(10-7-28-24(27)29-8-10)3-4-14(31)16(12)19(32)15(9)21(34)25(13,37)22(35)17(20(18)33)23(26)36/h3-4,7-9,13,15,17-18,31,37H,5-6H2,1-2H3,(H2,26,36)(H2,27,28,29)/t9-,13-,15?,17?,18-,25-/m1/s1. The highest BCUT2D eigenvalue weighted by atomic mass is 16.3. The summed E-state index contributed by atoms with van der Waals surface area (Å²) < 4.78 is 0. The van der Waals surface area contributed by atoms with Crippen LogP contribution in [0.1, 0.15) is 22.3 Å². The fourth-order valence-electron chi connectivity index (χ4n) is 6.35. The number of nitrogens with zero attached hydrogens (tertiary/aromatic N) is 3. The first-order valence-electron chi connectivity index (χ1n) is 11.7. The molecule has 5 rings (SSSR count). The first kappa shape index (κ1) is 24.7. The largest absolute Gasteiger partial charge is 0.507 e. The maximum absolute atomic E-state index is 13.8. The van der Waals surface area contributed by atoms with Crippen molar-refractivity contribution in [3.8, 4) is 16.9 Å². The van der Waals surface area contributed by atoms with Gasteiger partial charge in [-0.05, 0) is 50.0 Å². The summed E-state index contributed by atoms with van der Waals surface area (Å²) in [6.07, 6.45) is 3.05. The van der Waals surface area contributed by atoms with Gasteiger partial charge in [-0.1, -0.05) is 6.07 Å². The Hall–Kier alpha value is -4.03. The van der Waals surface area contributed by atoms with Crippen LogP contribution in [0.5, 0.6) is 5.75 Å². The quantitative estimate of drug-likeness (QED) is 0.367. The van der Waals surface area contributed by atoms with E-state index in [9.17, 15) is 34.2 Å². The zero-order valence-electron chi connectivity index (χ0n) is 20.0. The van der Waals surface area contributed by atoms with Crippen molar-refractivity contribution < 1.29 is 34.2 Å². The number of anilines is 1. The van der Waals surface area contributed by atoms with Crippen molar-refractivity contribution in [2.45, 2.75) is 24.5 Å². The monoisotopic (exact) mass is 507 g/mol. The van der Waals surface area contributed by atoms with Crippen LogP contribution in [-0.4, -0.2) is 79.9 Å². The maximum Gasteiger partial charge on any atom is 0.235 e. The summed E-state index contributed by atoms with van der Waals surface area (Å²) in [5, 5.41) is 22.2. The van der Waals surface area contributed by atoms with Gasteiger partial charge in [0.15, 0.2) is 34.7 Å². The highest BCUT2D eigenvalue weighted by Gasteiger charge is 2.69. The van der Waals surface area contributed by atoms with Crippen LogP contribution in [-0.2, 0) is 25.6 Å². The first-order chi connectivity index (χ1) is 17.4. The molecule has 1 aromatic heterocycles. The molecule has 3 aliphatic rings. The van der Waals surface area contributed by atoms with Crippen molar-refractivity contribution >= 4 is 35.0 Å². The molecule has 0 radical (unpaired) electrons. The molecule has 192 valence electrons. The average Bonchev–Trinajstić information content (AvgIpc) is 2.82. The number of aromatic nitrogens is 2. The number of hydrogen-bond acceptors (Lipinski definition) is 11. The first-order valence-corrected chi connectivity index (χ1v) is 11.7. The molecule has 6 N–H and O–H groups in total. The second-order valence-corrected chi connectivity index (χ2v) is 10.1. The fourth-order valence-corrected chi connectivity index (χ4v) is 6.35. The Kier molecular flexibility index (Phi) is 5.50. The molecule has 0 bridgehead atoms. The van der Waals surface area contributed by atoms with Crippen molar-refractivity contribution in [3.63, 3.8) is 0 Å². The molecular weight excluding hydrogens is 482 g/mol. The molecule has 2 saturated carbocycles. The van der Waals surface area contributed by atoms with Crippen LogP contribution in [0, 0.1) is 23.7 Å². The number of carbonyl (C=O) groups is 5. The van der Waals surface area contributed by atoms with Crippen molar-refractivity contribution in [3.05, 3.63) is 35.7 Å². The highest BCUT2D eigenvalue weighted by Crippen LogP contribution is 2.51. The van der Waals surface area contributed by atoms with Crippen LogP contribution >= 0.6 is 0 Å². The van der Waals surface area contributed by atoms with Gasteiger partial charge in [0, 0.05) is 23.9 Å². The van der Waals surface area contributed by atoms with Crippen molar-refractivity contribution in [1.29, 1.82) is 0 Å². The number of fused-ring (bicyclic) bond motifs is 3. The number of ketones is 4. The summed E-state index contributed by atoms with van der Waals surface area (Å²) in [6.45, 7) is 0. The number of primary amides is 1. The van der Waals surface area contributed by atoms with Gasteiger partial charge >= 0.3 is 0 Å². The van der Waals surface area contributed by atoms with E-state index < -0.39 is 64.4 Å². The molecule has 1 aromatic carbocycles. The lowest BCUT2D eigenvalue weighted by Crippen LogP contribution is -2.74. The minimum atomic E-state index is -2.76. The molecule has 1 heterocycles. The normalized spacial score (nSPS) is 31.1. The van der Waals surface area contributed by atoms with Crippen LogP contribution in [0.3, 0.4) is 0 Å². The van der Waals surface area contributed by atoms with Gasteiger partial charge in [0.2, 0.25) is 11.9 Å². The summed E-state index contributed by atoms with van der Waals surface area (Å²) in [5.74, 6) is -10.8. The molecule has 1 amide bonds. The van der Waals surface area contributed by atoms with E-state index in [1.807, 2.05) is 0 Å². The summed E-state index contributed by atoms with van der Waals surface area (Å²) in [7, 11) is 3.07. The molecule has 0 aliphatic heterocycles. The van der Waals surface area contributed by atoms with E-state index in [4.69, 9.17) is 11.5 Å². The minimum absolute atomic E-state index is 0.0305. The van der Waals surface area contributed by atoms with E-state index in [-0.39, 0.29) is 30.1 Å². The van der Waals surface area contributed by atoms with Crippen LogP contribution in [0.15, 0.2) is 24.5 Å². The van der Waals surface area contributed by atoms with E-state index in [0.717, 1.165) is 0 Å². The molecule has 0 saturated heterocycles. The number of carbonyl (C=O) groups excluding carboxylic acids is 5. The number of nitrogen functional groups attached to an aromatic ring is 1. The van der Waals surface area contributed by atoms with E-state index in [1.165, 1.54) is 37.5 Å². The van der Waals surface area contributed by atoms with E-state index >= 15 is 0 Å². The highest BCUT2D eigenvalue weighted by molar-refractivity contribution is 6.32. The topological polar surface area (TPSA) is 207 Å². The number of aliphatic hydroxyl groups is 1. The Morgan fingerprint density at radius 3 is 2.35 bits per heavy atom. The number of likely N-dealkylation sites (N-methyl/N-ethyl adjacent to an activating group) is 1. The minimum Gasteiger partial charge on any atom is -0.507 e. The third-order valence-electron chi connectivity index (χ3n) is 7.93. The van der Waals surface area contributed by atoms with E-state index in [1.54, 1.807) is 6.07 Å². The molecule has 2 fully saturated rings. The van der Waals surface area contributed by atoms with Gasteiger partial charge in [0.1, 0.15) is 5.75 Å². The van der Waals surface area contributed by atoms with Gasteiger partial charge < -0.3 is 21.7 Å². The summed E-state index contributed by atoms with van der Waals surface area (Å²) in [6, 6.07) is 1.75. The number of rotatable bonds is 3. The number of aromatic hydroxyl groups is 1. The van der Waals surface area contributed by atoms with Gasteiger partial charge in [0.25, 0.3) is 0 Å². The Balaban J connectivity index is 1.66. The third kappa shape index (κ3) is 3.32. The average molecular weight is 508 g/mol. The molecule has 12 heteroatoms. The van der Waals surface area contributed by atoms with Gasteiger partial charge in [0.05, 0.1) is 17.5 Å². The maximum atomic E-state index is 13.8. The van der Waals surface area contributed by atoms with Gasteiger partial charge in [-0.15, -0.1) is 0 Å². The number of amides is 1. The summed E-state index contributed by atoms with van der Waals surface area (Å²) in [4.78, 5) is 75.4. The number of Topliss-reactive ketones (excluding diaryl/α,β-unsaturated/α-hetero) is 4. The van der Waals surface area contributed by atoms with E-state index in [2.05, 4.69) is 9.97 Å². The van der Waals surface area contributed by atoms with Crippen molar-refractivity contribution in [1.82, 2.24) is 14.9 Å². The summed E-state index contributed by atoms with van der Waals surface area (Å²) >= 11 is 0. The van der Waals surface area contributed by atoms with Crippen LogP contribution in [0.4, 0.5) is 5.95 Å². The van der Waals surface area contributed by atoms with Crippen molar-refractivity contribution in [2.75, 3.05) is 19.8 Å². The molecular formula is C25H25N5O7. The Bertz CT molecular complexity index is 1390. The number of hydrogen-bond donors (Lipinski definition) is 4. The Morgan fingerprint density at radius 1 is 1.11 bits per heavy atom. The zero-order chi connectivity index (χ0) is 27.0. The molecule has 0 spiro atoms. The predicted octanol–water partition coefficient (Wildman–Crippen LogP) is -1.09. The number of phenols is 1.